The van der Waals surface area contributed by atoms with Crippen molar-refractivity contribution < 1.29 is 0 Å². The fourth-order valence-electron chi connectivity index (χ4n) is 0.591. The van der Waals surface area contributed by atoms with Gasteiger partial charge in [0.1, 0.15) is 5.01 Å². The lowest BCUT2D eigenvalue weighted by Gasteiger charge is -1.82. The van der Waals surface area contributed by atoms with Crippen molar-refractivity contribution in [2.45, 2.75) is 13.0 Å². The third kappa shape index (κ3) is 1.53. The van der Waals surface area contributed by atoms with E-state index in [2.05, 4.69) is 4.98 Å². The molecule has 52 valence electrons. The summed E-state index contributed by atoms with van der Waals surface area (Å²) in [6.45, 7) is 0.460. The molecule has 1 heterocycles. The van der Waals surface area contributed by atoms with Crippen LogP contribution in [0.25, 0.3) is 0 Å². The van der Waals surface area contributed by atoms with E-state index in [0.717, 1.165) is 10.7 Å². The summed E-state index contributed by atoms with van der Waals surface area (Å²) < 4.78 is 0. The van der Waals surface area contributed by atoms with Gasteiger partial charge in [-0.25, -0.2) is 4.98 Å². The van der Waals surface area contributed by atoms with Crippen LogP contribution in [-0.4, -0.2) is 4.98 Å². The Morgan fingerprint density at radius 1 is 1.80 bits per heavy atom. The Bertz CT molecular complexity index is 248. The first kappa shape index (κ1) is 7.19. The van der Waals surface area contributed by atoms with Gasteiger partial charge in [-0.05, 0) is 0 Å². The average Bonchev–Trinajstić information content (AvgIpc) is 2.37. The van der Waals surface area contributed by atoms with Gasteiger partial charge >= 0.3 is 0 Å². The summed E-state index contributed by atoms with van der Waals surface area (Å²) in [5, 5.41) is 11.0. The van der Waals surface area contributed by atoms with Gasteiger partial charge in [0.25, 0.3) is 0 Å². The lowest BCUT2D eigenvalue weighted by Crippen LogP contribution is -1.96. The Morgan fingerprint density at radius 2 is 2.60 bits per heavy atom. The summed E-state index contributed by atoms with van der Waals surface area (Å²) >= 11 is 1.49. The monoisotopic (exact) mass is 153 g/mol. The first-order valence-electron chi connectivity index (χ1n) is 2.87. The molecule has 1 aromatic rings. The van der Waals surface area contributed by atoms with Crippen molar-refractivity contribution in [3.05, 3.63) is 16.1 Å². The van der Waals surface area contributed by atoms with Gasteiger partial charge in [-0.3, -0.25) is 0 Å². The normalized spacial score (nSPS) is 9.20. The minimum absolute atomic E-state index is 0.394. The van der Waals surface area contributed by atoms with Crippen LogP contribution in [0.4, 0.5) is 0 Å². The van der Waals surface area contributed by atoms with Gasteiger partial charge in [0.15, 0.2) is 0 Å². The number of nitriles is 1. The highest BCUT2D eigenvalue weighted by Gasteiger charge is 1.97. The second-order valence-corrected chi connectivity index (χ2v) is 2.71. The van der Waals surface area contributed by atoms with Crippen molar-refractivity contribution >= 4 is 11.3 Å². The van der Waals surface area contributed by atoms with Crippen LogP contribution in [0.1, 0.15) is 10.7 Å². The summed E-state index contributed by atoms with van der Waals surface area (Å²) in [4.78, 5) is 4.09. The summed E-state index contributed by atoms with van der Waals surface area (Å²) in [5.74, 6) is 0. The highest BCUT2D eigenvalue weighted by atomic mass is 32.1. The molecule has 3 nitrogen and oxygen atoms in total. The summed E-state index contributed by atoms with van der Waals surface area (Å²) in [7, 11) is 0. The van der Waals surface area contributed by atoms with E-state index in [4.69, 9.17) is 11.0 Å². The topological polar surface area (TPSA) is 62.7 Å². The fraction of sp³-hybridized carbons (Fsp3) is 0.333. The molecule has 0 amide bonds. The predicted molar refractivity (Wildman–Crippen MR) is 39.3 cm³/mol. The van der Waals surface area contributed by atoms with Crippen LogP contribution < -0.4 is 5.73 Å². The van der Waals surface area contributed by atoms with Crippen molar-refractivity contribution in [2.24, 2.45) is 5.73 Å². The Balaban J connectivity index is 2.70. The van der Waals surface area contributed by atoms with E-state index < -0.39 is 0 Å². The summed E-state index contributed by atoms with van der Waals surface area (Å²) in [5.41, 5.74) is 6.19. The number of aromatic nitrogens is 1. The standard InChI is InChI=1S/C6H7N3S/c7-2-1-6-9-5(3-8)4-10-6/h4H,1,3,8H2. The molecule has 0 bridgehead atoms. The molecule has 0 saturated carbocycles. The third-order valence-electron chi connectivity index (χ3n) is 1.04. The van der Waals surface area contributed by atoms with E-state index >= 15 is 0 Å². The minimum Gasteiger partial charge on any atom is -0.325 e. The molecule has 0 radical (unpaired) electrons. The summed E-state index contributed by atoms with van der Waals surface area (Å²) in [6, 6.07) is 2.03. The Morgan fingerprint density at radius 3 is 3.10 bits per heavy atom. The van der Waals surface area contributed by atoms with E-state index in [9.17, 15) is 0 Å². The van der Waals surface area contributed by atoms with Crippen molar-refractivity contribution in [2.75, 3.05) is 0 Å². The van der Waals surface area contributed by atoms with Gasteiger partial charge in [0, 0.05) is 11.9 Å². The van der Waals surface area contributed by atoms with Gasteiger partial charge in [-0.1, -0.05) is 0 Å². The van der Waals surface area contributed by atoms with Crippen LogP contribution in [0.2, 0.25) is 0 Å². The largest absolute Gasteiger partial charge is 0.325 e. The zero-order valence-corrected chi connectivity index (χ0v) is 6.19. The first-order chi connectivity index (χ1) is 4.86. The number of thiazole rings is 1. The van der Waals surface area contributed by atoms with Crippen molar-refractivity contribution in [3.63, 3.8) is 0 Å². The number of hydrogen-bond acceptors (Lipinski definition) is 4. The zero-order chi connectivity index (χ0) is 7.40. The fourth-order valence-corrected chi connectivity index (χ4v) is 1.33. The second-order valence-electron chi connectivity index (χ2n) is 1.77. The van der Waals surface area contributed by atoms with Crippen LogP contribution in [0, 0.1) is 11.3 Å². The van der Waals surface area contributed by atoms with Crippen molar-refractivity contribution in [1.29, 1.82) is 5.26 Å². The second kappa shape index (κ2) is 3.30. The van der Waals surface area contributed by atoms with Gasteiger partial charge in [0.05, 0.1) is 18.2 Å². The quantitative estimate of drug-likeness (QED) is 0.679. The number of rotatable bonds is 2. The van der Waals surface area contributed by atoms with Crippen LogP contribution in [0.15, 0.2) is 5.38 Å². The molecule has 0 atom stereocenters. The Labute approximate surface area is 63.1 Å². The van der Waals surface area contributed by atoms with E-state index in [1.165, 1.54) is 11.3 Å². The van der Waals surface area contributed by atoms with Crippen molar-refractivity contribution in [3.8, 4) is 6.07 Å². The van der Waals surface area contributed by atoms with E-state index in [0.29, 0.717) is 13.0 Å². The molecule has 0 aliphatic rings. The smallest absolute Gasteiger partial charge is 0.107 e. The lowest BCUT2D eigenvalue weighted by atomic mass is 10.5. The van der Waals surface area contributed by atoms with Crippen LogP contribution in [-0.2, 0) is 13.0 Å². The molecular formula is C6H7N3S. The third-order valence-corrected chi connectivity index (χ3v) is 1.94. The van der Waals surface area contributed by atoms with Crippen LogP contribution in [0.5, 0.6) is 0 Å². The SMILES string of the molecule is N#CCc1nc(CN)cs1. The van der Waals surface area contributed by atoms with Crippen LogP contribution in [0.3, 0.4) is 0 Å². The molecule has 0 spiro atoms. The van der Waals surface area contributed by atoms with Gasteiger partial charge in [0.2, 0.25) is 0 Å². The molecule has 2 N–H and O–H groups in total. The molecule has 1 aromatic heterocycles. The lowest BCUT2D eigenvalue weighted by molar-refractivity contribution is 0.989. The van der Waals surface area contributed by atoms with Crippen molar-refractivity contribution in [1.82, 2.24) is 4.98 Å². The highest BCUT2D eigenvalue weighted by molar-refractivity contribution is 7.09. The molecule has 4 heteroatoms. The Hall–Kier alpha value is -0.920. The zero-order valence-electron chi connectivity index (χ0n) is 5.37. The maximum atomic E-state index is 8.29. The molecule has 0 aliphatic heterocycles. The van der Waals surface area contributed by atoms with E-state index in [1.807, 2.05) is 11.4 Å². The molecule has 0 saturated heterocycles. The molecule has 0 aromatic carbocycles. The van der Waals surface area contributed by atoms with Gasteiger partial charge in [-0.15, -0.1) is 11.3 Å². The molecule has 0 fully saturated rings. The highest BCUT2D eigenvalue weighted by Crippen LogP contribution is 2.08. The summed E-state index contributed by atoms with van der Waals surface area (Å²) in [6.07, 6.45) is 0.394. The molecule has 1 rings (SSSR count). The van der Waals surface area contributed by atoms with Gasteiger partial charge in [-0.2, -0.15) is 5.26 Å². The van der Waals surface area contributed by atoms with E-state index in [-0.39, 0.29) is 0 Å². The Kier molecular flexibility index (Phi) is 2.37. The average molecular weight is 153 g/mol. The number of nitrogens with zero attached hydrogens (tertiary/aromatic N) is 2. The van der Waals surface area contributed by atoms with E-state index in [1.54, 1.807) is 0 Å². The maximum absolute atomic E-state index is 8.29. The molecular weight excluding hydrogens is 146 g/mol. The first-order valence-corrected chi connectivity index (χ1v) is 3.75. The number of nitrogens with two attached hydrogens (primary N) is 1. The molecule has 0 aliphatic carbocycles. The number of hydrogen-bond donors (Lipinski definition) is 1. The van der Waals surface area contributed by atoms with Crippen LogP contribution >= 0.6 is 11.3 Å². The maximum Gasteiger partial charge on any atom is 0.107 e. The minimum atomic E-state index is 0.394. The molecule has 10 heavy (non-hydrogen) atoms. The molecule has 0 unspecified atom stereocenters. The van der Waals surface area contributed by atoms with Gasteiger partial charge < -0.3 is 5.73 Å². The predicted octanol–water partition coefficient (Wildman–Crippen LogP) is 0.668.